The molecule has 3 aliphatic heterocycles. The number of carbonyl (C=O) groups excluding carboxylic acids is 1. The molecule has 4 rings (SSSR count). The molecule has 1 aromatic carbocycles. The molecule has 0 radical (unpaired) electrons. The highest BCUT2D eigenvalue weighted by Gasteiger charge is 2.46. The molecule has 0 saturated carbocycles. The van der Waals surface area contributed by atoms with Crippen molar-refractivity contribution in [2.45, 2.75) is 50.7 Å². The molecular formula is C22H30N2O5. The molecule has 2 atom stereocenters. The molecule has 0 aromatic heterocycles. The van der Waals surface area contributed by atoms with Gasteiger partial charge in [0, 0.05) is 44.7 Å². The Morgan fingerprint density at radius 1 is 1.34 bits per heavy atom. The normalized spacial score (nSPS) is 26.6. The number of para-hydroxylation sites is 1. The summed E-state index contributed by atoms with van der Waals surface area (Å²) >= 11 is 0. The minimum atomic E-state index is -0.508. The lowest BCUT2D eigenvalue weighted by atomic mass is 9.73. The third-order valence-electron chi connectivity index (χ3n) is 6.36. The Kier molecular flexibility index (Phi) is 6.06. The molecule has 0 bridgehead atoms. The van der Waals surface area contributed by atoms with E-state index in [1.54, 1.807) is 7.11 Å². The third-order valence-corrected chi connectivity index (χ3v) is 6.36. The highest BCUT2D eigenvalue weighted by Crippen LogP contribution is 2.41. The number of piperidine rings is 1. The van der Waals surface area contributed by atoms with Crippen molar-refractivity contribution in [3.63, 3.8) is 0 Å². The number of oxime groups is 1. The number of carbonyl (C=O) groups is 1. The van der Waals surface area contributed by atoms with Gasteiger partial charge in [0.1, 0.15) is 11.9 Å². The topological polar surface area (TPSA) is 80.6 Å². The molecule has 7 nitrogen and oxygen atoms in total. The van der Waals surface area contributed by atoms with Crippen molar-refractivity contribution < 1.29 is 24.2 Å². The van der Waals surface area contributed by atoms with Gasteiger partial charge in [0.05, 0.1) is 24.3 Å². The van der Waals surface area contributed by atoms with Crippen molar-refractivity contribution >= 4 is 11.6 Å². The Bertz CT molecular complexity index is 759. The fraction of sp³-hybridized carbons (Fsp3) is 0.636. The Labute approximate surface area is 171 Å². The van der Waals surface area contributed by atoms with Crippen LogP contribution < -0.4 is 4.74 Å². The molecule has 3 heterocycles. The Morgan fingerprint density at radius 2 is 2.14 bits per heavy atom. The van der Waals surface area contributed by atoms with Gasteiger partial charge in [-0.2, -0.15) is 0 Å². The smallest absolute Gasteiger partial charge is 0.229 e. The number of benzene rings is 1. The van der Waals surface area contributed by atoms with Crippen LogP contribution in [0.25, 0.3) is 0 Å². The molecule has 158 valence electrons. The van der Waals surface area contributed by atoms with Gasteiger partial charge in [-0.05, 0) is 37.8 Å². The zero-order valence-electron chi connectivity index (χ0n) is 17.0. The molecule has 29 heavy (non-hydrogen) atoms. The molecule has 1 amide bonds. The minimum Gasteiger partial charge on any atom is -0.496 e. The first-order chi connectivity index (χ1) is 14.1. The number of rotatable bonds is 5. The van der Waals surface area contributed by atoms with E-state index in [-0.39, 0.29) is 12.0 Å². The monoisotopic (exact) mass is 402 g/mol. The van der Waals surface area contributed by atoms with Crippen LogP contribution in [0.3, 0.4) is 0 Å². The molecule has 1 N–H and O–H groups in total. The van der Waals surface area contributed by atoms with Gasteiger partial charge >= 0.3 is 0 Å². The summed E-state index contributed by atoms with van der Waals surface area (Å²) in [5.41, 5.74) is 1.28. The summed E-state index contributed by atoms with van der Waals surface area (Å²) < 4.78 is 11.0. The van der Waals surface area contributed by atoms with E-state index < -0.39 is 11.5 Å². The summed E-state index contributed by atoms with van der Waals surface area (Å²) in [6.45, 7) is 2.30. The molecule has 1 aromatic rings. The molecule has 7 heteroatoms. The zero-order chi connectivity index (χ0) is 20.3. The lowest BCUT2D eigenvalue weighted by Gasteiger charge is -2.42. The molecule has 0 spiro atoms. The SMILES string of the molecule is COc1ccccc1C1=NO[C@@H](CC2(C(=O)N3CCC[C@H](O)C3)CCOCC2)C1. The van der Waals surface area contributed by atoms with Gasteiger partial charge in [0.2, 0.25) is 5.91 Å². The summed E-state index contributed by atoms with van der Waals surface area (Å²) in [4.78, 5) is 21.1. The predicted molar refractivity (Wildman–Crippen MR) is 108 cm³/mol. The molecular weight excluding hydrogens is 372 g/mol. The molecule has 0 unspecified atom stereocenters. The van der Waals surface area contributed by atoms with Crippen LogP contribution >= 0.6 is 0 Å². The number of β-amino-alcohol motifs (C(OH)–C–C–N with tert-alkyl or cyclic N) is 1. The first-order valence-corrected chi connectivity index (χ1v) is 10.5. The number of likely N-dealkylation sites (tertiary alicyclic amines) is 1. The first kappa shape index (κ1) is 20.2. The van der Waals surface area contributed by atoms with Crippen LogP contribution in [0.5, 0.6) is 5.75 Å². The van der Waals surface area contributed by atoms with Crippen LogP contribution in [0.1, 0.15) is 44.1 Å². The maximum absolute atomic E-state index is 13.5. The lowest BCUT2D eigenvalue weighted by Crippen LogP contribution is -2.52. The Balaban J connectivity index is 1.47. The van der Waals surface area contributed by atoms with E-state index in [1.165, 1.54) is 0 Å². The summed E-state index contributed by atoms with van der Waals surface area (Å²) in [6, 6.07) is 7.78. The quantitative estimate of drug-likeness (QED) is 0.818. The Morgan fingerprint density at radius 3 is 2.90 bits per heavy atom. The fourth-order valence-electron chi connectivity index (χ4n) is 4.76. The van der Waals surface area contributed by atoms with Crippen molar-refractivity contribution in [2.24, 2.45) is 10.6 Å². The number of hydrogen-bond donors (Lipinski definition) is 1. The zero-order valence-corrected chi connectivity index (χ0v) is 17.0. The number of ether oxygens (including phenoxy) is 2. The second kappa shape index (κ2) is 8.71. The first-order valence-electron chi connectivity index (χ1n) is 10.5. The Hall–Kier alpha value is -2.12. The van der Waals surface area contributed by atoms with E-state index >= 15 is 0 Å². The van der Waals surface area contributed by atoms with Gasteiger partial charge in [-0.1, -0.05) is 17.3 Å². The van der Waals surface area contributed by atoms with Gasteiger partial charge < -0.3 is 24.3 Å². The largest absolute Gasteiger partial charge is 0.496 e. The third kappa shape index (κ3) is 4.26. The summed E-state index contributed by atoms with van der Waals surface area (Å²) in [7, 11) is 1.65. The van der Waals surface area contributed by atoms with Crippen LogP contribution in [0, 0.1) is 5.41 Å². The van der Waals surface area contributed by atoms with E-state index in [4.69, 9.17) is 14.3 Å². The highest BCUT2D eigenvalue weighted by atomic mass is 16.6. The number of hydrogen-bond acceptors (Lipinski definition) is 6. The average molecular weight is 402 g/mol. The summed E-state index contributed by atoms with van der Waals surface area (Å²) in [5.74, 6) is 0.906. The van der Waals surface area contributed by atoms with Gasteiger partial charge in [0.25, 0.3) is 0 Å². The molecule has 3 aliphatic rings. The van der Waals surface area contributed by atoms with Gasteiger partial charge in [0.15, 0.2) is 0 Å². The van der Waals surface area contributed by atoms with Crippen molar-refractivity contribution in [1.29, 1.82) is 0 Å². The van der Waals surface area contributed by atoms with Crippen LogP contribution in [-0.4, -0.2) is 67.2 Å². The van der Waals surface area contributed by atoms with Crippen molar-refractivity contribution in [3.05, 3.63) is 29.8 Å². The maximum Gasteiger partial charge on any atom is 0.229 e. The number of nitrogens with zero attached hydrogens (tertiary/aromatic N) is 2. The number of amides is 1. The van der Waals surface area contributed by atoms with E-state index in [1.807, 2.05) is 29.2 Å². The van der Waals surface area contributed by atoms with Crippen molar-refractivity contribution in [2.75, 3.05) is 33.4 Å². The number of aliphatic hydroxyl groups excluding tert-OH is 1. The number of aliphatic hydroxyl groups is 1. The molecule has 2 fully saturated rings. The maximum atomic E-state index is 13.5. The fourth-order valence-corrected chi connectivity index (χ4v) is 4.76. The minimum absolute atomic E-state index is 0.133. The van der Waals surface area contributed by atoms with E-state index in [9.17, 15) is 9.90 Å². The number of methoxy groups -OCH3 is 1. The predicted octanol–water partition coefficient (Wildman–Crippen LogP) is 2.36. The molecule has 0 aliphatic carbocycles. The summed E-state index contributed by atoms with van der Waals surface area (Å²) in [6.07, 6.45) is 3.68. The highest BCUT2D eigenvalue weighted by molar-refractivity contribution is 6.03. The van der Waals surface area contributed by atoms with Crippen LogP contribution in [-0.2, 0) is 14.4 Å². The standard InChI is InChI=1S/C22H30N2O5/c1-27-20-7-3-2-6-18(20)19-13-17(29-23-19)14-22(8-11-28-12-9-22)21(26)24-10-4-5-16(25)15-24/h2-3,6-7,16-17,25H,4-5,8-15H2,1H3/t16-,17+/m0/s1. The lowest BCUT2D eigenvalue weighted by molar-refractivity contribution is -0.154. The van der Waals surface area contributed by atoms with E-state index in [0.29, 0.717) is 52.0 Å². The van der Waals surface area contributed by atoms with Gasteiger partial charge in [-0.25, -0.2) is 0 Å². The second-order valence-electron chi connectivity index (χ2n) is 8.31. The van der Waals surface area contributed by atoms with Crippen LogP contribution in [0.4, 0.5) is 0 Å². The van der Waals surface area contributed by atoms with E-state index in [0.717, 1.165) is 29.9 Å². The van der Waals surface area contributed by atoms with Crippen LogP contribution in [0.15, 0.2) is 29.4 Å². The molecule has 2 saturated heterocycles. The second-order valence-corrected chi connectivity index (χ2v) is 8.31. The van der Waals surface area contributed by atoms with Crippen molar-refractivity contribution in [1.82, 2.24) is 4.90 Å². The van der Waals surface area contributed by atoms with Crippen molar-refractivity contribution in [3.8, 4) is 5.75 Å². The average Bonchev–Trinajstić information content (AvgIpc) is 3.22. The van der Waals surface area contributed by atoms with Crippen LogP contribution in [0.2, 0.25) is 0 Å². The van der Waals surface area contributed by atoms with Gasteiger partial charge in [-0.15, -0.1) is 0 Å². The van der Waals surface area contributed by atoms with Gasteiger partial charge in [-0.3, -0.25) is 4.79 Å². The van der Waals surface area contributed by atoms with E-state index in [2.05, 4.69) is 5.16 Å². The summed E-state index contributed by atoms with van der Waals surface area (Å²) in [5, 5.41) is 14.3.